The molecule has 0 spiro atoms. The number of rotatable bonds is 2. The molecule has 1 aromatic carbocycles. The smallest absolute Gasteiger partial charge is 0.300 e. The topological polar surface area (TPSA) is 95.3 Å². The summed E-state index contributed by atoms with van der Waals surface area (Å²) in [5, 5.41) is 13.4. The van der Waals surface area contributed by atoms with Gasteiger partial charge in [-0.15, -0.1) is 0 Å². The molecule has 2 atom stereocenters. The largest absolute Gasteiger partial charge is 0.481 e. The third-order valence-electron chi connectivity index (χ3n) is 4.53. The van der Waals surface area contributed by atoms with Crippen LogP contribution in [0.25, 0.3) is 0 Å². The van der Waals surface area contributed by atoms with Crippen LogP contribution < -0.4 is 10.9 Å². The number of hydrogen-bond acceptors (Lipinski definition) is 4. The number of aromatic nitrogens is 1. The van der Waals surface area contributed by atoms with Gasteiger partial charge in [0.1, 0.15) is 5.76 Å². The Morgan fingerprint density at radius 3 is 2.35 bits per heavy atom. The van der Waals surface area contributed by atoms with Gasteiger partial charge in [-0.2, -0.15) is 5.16 Å². The second-order valence-corrected chi connectivity index (χ2v) is 7.73. The van der Waals surface area contributed by atoms with Crippen molar-refractivity contribution in [2.45, 2.75) is 57.9 Å². The Hall–Kier alpha value is -2.34. The van der Waals surface area contributed by atoms with Gasteiger partial charge in [0.2, 0.25) is 0 Å². The van der Waals surface area contributed by atoms with Crippen molar-refractivity contribution in [3.05, 3.63) is 57.6 Å². The third-order valence-corrected chi connectivity index (χ3v) is 4.53. The molecule has 0 amide bonds. The van der Waals surface area contributed by atoms with Crippen molar-refractivity contribution >= 4 is 5.97 Å². The molecule has 0 aliphatic carbocycles. The fourth-order valence-corrected chi connectivity index (χ4v) is 3.14. The molecule has 6 nitrogen and oxygen atoms in total. The highest BCUT2D eigenvalue weighted by molar-refractivity contribution is 5.62. The number of carboxylic acids is 1. The second-order valence-electron chi connectivity index (χ2n) is 7.73. The summed E-state index contributed by atoms with van der Waals surface area (Å²) >= 11 is 0. The molecule has 3 N–H and O–H groups in total. The van der Waals surface area contributed by atoms with Gasteiger partial charge in [0.25, 0.3) is 11.5 Å². The van der Waals surface area contributed by atoms with Crippen molar-refractivity contribution in [1.82, 2.24) is 10.5 Å². The van der Waals surface area contributed by atoms with Gasteiger partial charge >= 0.3 is 0 Å². The second kappa shape index (κ2) is 8.36. The van der Waals surface area contributed by atoms with Crippen molar-refractivity contribution in [3.63, 3.8) is 0 Å². The first-order valence-corrected chi connectivity index (χ1v) is 8.88. The van der Waals surface area contributed by atoms with E-state index in [4.69, 9.17) is 14.4 Å². The Labute approximate surface area is 153 Å². The van der Waals surface area contributed by atoms with E-state index in [0.717, 1.165) is 32.1 Å². The van der Waals surface area contributed by atoms with Gasteiger partial charge < -0.3 is 14.9 Å². The van der Waals surface area contributed by atoms with Crippen LogP contribution in [0.1, 0.15) is 69.4 Å². The van der Waals surface area contributed by atoms with Crippen LogP contribution in [-0.2, 0) is 10.2 Å². The SMILES string of the molecule is CC(=O)O.CC(C)(C)c1ccc([C@H]2C[C@H](c3cc(=O)[nH]o3)CCN2)cc1. The van der Waals surface area contributed by atoms with Gasteiger partial charge in [0, 0.05) is 24.9 Å². The standard InChI is InChI=1S/C18H24N2O2.C2H4O2/c1-18(2,3)14-6-4-12(5-7-14)15-10-13(8-9-19-15)16-11-17(21)20-22-16;1-2(3)4/h4-7,11,13,15,19H,8-10H2,1-3H3,(H,20,21);1H3,(H,3,4)/t13-,15-;/m1./s1. The van der Waals surface area contributed by atoms with Crippen molar-refractivity contribution in [1.29, 1.82) is 0 Å². The summed E-state index contributed by atoms with van der Waals surface area (Å²) in [5.41, 5.74) is 2.67. The Morgan fingerprint density at radius 2 is 1.85 bits per heavy atom. The summed E-state index contributed by atoms with van der Waals surface area (Å²) in [4.78, 5) is 20.3. The Kier molecular flexibility index (Phi) is 6.42. The third kappa shape index (κ3) is 5.59. The summed E-state index contributed by atoms with van der Waals surface area (Å²) in [5.74, 6) is 0.246. The lowest BCUT2D eigenvalue weighted by molar-refractivity contribution is -0.134. The maximum atomic E-state index is 11.3. The predicted molar refractivity (Wildman–Crippen MR) is 100 cm³/mol. The van der Waals surface area contributed by atoms with E-state index in [1.807, 2.05) is 0 Å². The van der Waals surface area contributed by atoms with Gasteiger partial charge in [-0.25, -0.2) is 0 Å². The number of piperidine rings is 1. The molecule has 3 rings (SSSR count). The van der Waals surface area contributed by atoms with Gasteiger partial charge in [-0.3, -0.25) is 9.59 Å². The lowest BCUT2D eigenvalue weighted by Gasteiger charge is -2.30. The summed E-state index contributed by atoms with van der Waals surface area (Å²) in [7, 11) is 0. The van der Waals surface area contributed by atoms with Crippen molar-refractivity contribution in [2.75, 3.05) is 6.54 Å². The molecular weight excluding hydrogens is 332 g/mol. The zero-order valence-corrected chi connectivity index (χ0v) is 15.8. The van der Waals surface area contributed by atoms with Crippen LogP contribution in [-0.4, -0.2) is 22.8 Å². The molecular formula is C20H28N2O4. The van der Waals surface area contributed by atoms with Crippen LogP contribution in [0.15, 0.2) is 39.6 Å². The number of aromatic amines is 1. The minimum Gasteiger partial charge on any atom is -0.481 e. The van der Waals surface area contributed by atoms with Crippen LogP contribution in [0.2, 0.25) is 0 Å². The number of benzene rings is 1. The van der Waals surface area contributed by atoms with E-state index >= 15 is 0 Å². The van der Waals surface area contributed by atoms with Crippen LogP contribution in [0.3, 0.4) is 0 Å². The van der Waals surface area contributed by atoms with Crippen LogP contribution in [0, 0.1) is 0 Å². The summed E-state index contributed by atoms with van der Waals surface area (Å²) in [6.45, 7) is 8.70. The number of nitrogens with one attached hydrogen (secondary N) is 2. The number of carboxylic acid groups (broad SMARTS) is 1. The first kappa shape index (κ1) is 20.0. The normalized spacial score (nSPS) is 20.2. The van der Waals surface area contributed by atoms with E-state index in [-0.39, 0.29) is 11.0 Å². The van der Waals surface area contributed by atoms with Crippen molar-refractivity contribution < 1.29 is 14.4 Å². The molecule has 0 unspecified atom stereocenters. The maximum absolute atomic E-state index is 11.3. The fraction of sp³-hybridized carbons (Fsp3) is 0.500. The molecule has 0 saturated carbocycles. The Morgan fingerprint density at radius 1 is 1.23 bits per heavy atom. The first-order chi connectivity index (χ1) is 12.2. The lowest BCUT2D eigenvalue weighted by Crippen LogP contribution is -2.30. The van der Waals surface area contributed by atoms with E-state index < -0.39 is 5.97 Å². The molecule has 0 bridgehead atoms. The maximum Gasteiger partial charge on any atom is 0.300 e. The minimum absolute atomic E-state index is 0.153. The predicted octanol–water partition coefficient (Wildman–Crippen LogP) is 3.56. The average Bonchev–Trinajstić information content (AvgIpc) is 3.00. The highest BCUT2D eigenvalue weighted by atomic mass is 16.5. The molecule has 142 valence electrons. The molecule has 1 aliphatic heterocycles. The highest BCUT2D eigenvalue weighted by Crippen LogP contribution is 2.34. The Bertz CT molecular complexity index is 764. The van der Waals surface area contributed by atoms with Crippen LogP contribution in [0.4, 0.5) is 0 Å². The zero-order valence-electron chi connectivity index (χ0n) is 15.8. The average molecular weight is 360 g/mol. The van der Waals surface area contributed by atoms with Crippen molar-refractivity contribution in [3.8, 4) is 0 Å². The minimum atomic E-state index is -0.833. The molecule has 1 aliphatic rings. The van der Waals surface area contributed by atoms with E-state index in [0.29, 0.717) is 12.0 Å². The van der Waals surface area contributed by atoms with E-state index in [2.05, 4.69) is 55.5 Å². The fourth-order valence-electron chi connectivity index (χ4n) is 3.14. The molecule has 0 radical (unpaired) electrons. The van der Waals surface area contributed by atoms with Crippen molar-refractivity contribution in [2.24, 2.45) is 0 Å². The van der Waals surface area contributed by atoms with Gasteiger partial charge in [-0.05, 0) is 35.9 Å². The monoisotopic (exact) mass is 360 g/mol. The Balaban J connectivity index is 0.000000552. The van der Waals surface area contributed by atoms with E-state index in [1.54, 1.807) is 6.07 Å². The summed E-state index contributed by atoms with van der Waals surface area (Å²) in [6.07, 6.45) is 1.95. The van der Waals surface area contributed by atoms with E-state index in [9.17, 15) is 4.79 Å². The van der Waals surface area contributed by atoms with E-state index in [1.165, 1.54) is 11.1 Å². The summed E-state index contributed by atoms with van der Waals surface area (Å²) < 4.78 is 5.29. The quantitative estimate of drug-likeness (QED) is 0.761. The number of H-pyrrole nitrogens is 1. The van der Waals surface area contributed by atoms with Crippen LogP contribution in [0.5, 0.6) is 0 Å². The highest BCUT2D eigenvalue weighted by Gasteiger charge is 2.26. The molecule has 2 heterocycles. The number of hydrogen-bond donors (Lipinski definition) is 3. The summed E-state index contributed by atoms with van der Waals surface area (Å²) in [6, 6.07) is 10.8. The van der Waals surface area contributed by atoms with Gasteiger partial charge in [-0.1, -0.05) is 45.0 Å². The molecule has 6 heteroatoms. The van der Waals surface area contributed by atoms with Gasteiger partial charge in [0.15, 0.2) is 0 Å². The number of aliphatic carboxylic acids is 1. The van der Waals surface area contributed by atoms with Gasteiger partial charge in [0.05, 0.1) is 0 Å². The molecule has 1 aromatic heterocycles. The zero-order chi connectivity index (χ0) is 19.3. The lowest BCUT2D eigenvalue weighted by atomic mass is 9.84. The molecule has 2 aromatic rings. The molecule has 1 saturated heterocycles. The first-order valence-electron chi connectivity index (χ1n) is 8.88. The molecule has 26 heavy (non-hydrogen) atoms. The van der Waals surface area contributed by atoms with Crippen LogP contribution >= 0.6 is 0 Å². The molecule has 1 fully saturated rings. The number of carbonyl (C=O) groups is 1.